The molecule has 2 aliphatic rings. The number of tetrazole rings is 1. The first-order valence-corrected chi connectivity index (χ1v) is 10.4. The number of nitrogens with zero attached hydrogens (tertiary/aromatic N) is 5. The number of aromatic nitrogens is 4. The molecule has 3 atom stereocenters. The number of rotatable bonds is 6. The van der Waals surface area contributed by atoms with Gasteiger partial charge in [0, 0.05) is 18.4 Å². The summed E-state index contributed by atoms with van der Waals surface area (Å²) in [6, 6.07) is 0. The number of hydrogen-bond donors (Lipinski definition) is 3. The predicted molar refractivity (Wildman–Crippen MR) is 97.7 cm³/mol. The van der Waals surface area contributed by atoms with Gasteiger partial charge in [-0.15, -0.1) is 16.9 Å². The minimum absolute atomic E-state index is 0.0656. The largest absolute Gasteiger partial charge is 0.477 e. The molecular weight excluding hydrogens is 457 g/mol. The van der Waals surface area contributed by atoms with Crippen molar-refractivity contribution in [2.45, 2.75) is 22.1 Å². The molecule has 2 N–H and O–H groups in total. The SMILES string of the molecule is Cn1nnnc1SCC1=C(C(=O)O)N2C(=O)C(C(F)(F)F)[C@H]2SC1NC(=O)CS. The highest BCUT2D eigenvalue weighted by atomic mass is 32.2. The fraction of sp³-hybridized carbons (Fsp3) is 0.538. The molecule has 3 heterocycles. The zero-order valence-corrected chi connectivity index (χ0v) is 17.0. The maximum absolute atomic E-state index is 13.2. The van der Waals surface area contributed by atoms with Gasteiger partial charge < -0.3 is 10.4 Å². The Morgan fingerprint density at radius 3 is 2.62 bits per heavy atom. The summed E-state index contributed by atoms with van der Waals surface area (Å²) in [5, 5.41) is 20.7. The average Bonchev–Trinajstić information content (AvgIpc) is 3.03. The summed E-state index contributed by atoms with van der Waals surface area (Å²) in [5.41, 5.74) is -0.512. The van der Waals surface area contributed by atoms with Gasteiger partial charge in [-0.3, -0.25) is 14.5 Å². The van der Waals surface area contributed by atoms with E-state index >= 15 is 0 Å². The lowest BCUT2D eigenvalue weighted by molar-refractivity contribution is -0.214. The van der Waals surface area contributed by atoms with Gasteiger partial charge in [0.15, 0.2) is 5.92 Å². The number of carbonyl (C=O) groups excluding carboxylic acids is 2. The van der Waals surface area contributed by atoms with Crippen LogP contribution in [0.2, 0.25) is 0 Å². The zero-order valence-electron chi connectivity index (χ0n) is 14.5. The van der Waals surface area contributed by atoms with Gasteiger partial charge in [0.1, 0.15) is 16.4 Å². The number of fused-ring (bicyclic) bond motifs is 1. The lowest BCUT2D eigenvalue weighted by atomic mass is 9.94. The maximum Gasteiger partial charge on any atom is 0.403 e. The highest BCUT2D eigenvalue weighted by Crippen LogP contribution is 2.52. The van der Waals surface area contributed by atoms with Crippen LogP contribution in [0.25, 0.3) is 0 Å². The fourth-order valence-electron chi connectivity index (χ4n) is 2.83. The van der Waals surface area contributed by atoms with Gasteiger partial charge in [0.25, 0.3) is 0 Å². The summed E-state index contributed by atoms with van der Waals surface area (Å²) >= 11 is 5.50. The van der Waals surface area contributed by atoms with Crippen molar-refractivity contribution in [3.63, 3.8) is 0 Å². The van der Waals surface area contributed by atoms with Gasteiger partial charge in [-0.2, -0.15) is 25.8 Å². The lowest BCUT2D eigenvalue weighted by Gasteiger charge is -2.51. The van der Waals surface area contributed by atoms with Gasteiger partial charge in [-0.25, -0.2) is 9.48 Å². The van der Waals surface area contributed by atoms with Gasteiger partial charge in [0.2, 0.25) is 17.0 Å². The number of halogens is 3. The van der Waals surface area contributed by atoms with Crippen LogP contribution in [-0.2, 0) is 21.4 Å². The van der Waals surface area contributed by atoms with E-state index < -0.39 is 46.3 Å². The zero-order chi connectivity index (χ0) is 21.5. The highest BCUT2D eigenvalue weighted by Gasteiger charge is 2.65. The second kappa shape index (κ2) is 8.06. The Morgan fingerprint density at radius 2 is 2.10 bits per heavy atom. The van der Waals surface area contributed by atoms with E-state index in [1.807, 2.05) is 0 Å². The number of nitrogens with one attached hydrogen (secondary N) is 1. The number of carboxylic acid groups (broad SMARTS) is 1. The Bertz CT molecular complexity index is 891. The molecule has 3 rings (SSSR count). The van der Waals surface area contributed by atoms with E-state index in [0.717, 1.165) is 11.8 Å². The van der Waals surface area contributed by atoms with E-state index in [2.05, 4.69) is 33.5 Å². The summed E-state index contributed by atoms with van der Waals surface area (Å²) in [7, 11) is 1.55. The monoisotopic (exact) mass is 470 g/mol. The molecule has 0 aromatic carbocycles. The molecule has 16 heteroatoms. The molecule has 0 spiro atoms. The molecule has 2 amide bonds. The molecule has 1 saturated heterocycles. The second-order valence-corrected chi connectivity index (χ2v) is 8.40. The van der Waals surface area contributed by atoms with Crippen LogP contribution < -0.4 is 5.32 Å². The molecule has 2 aliphatic heterocycles. The summed E-state index contributed by atoms with van der Waals surface area (Å²) in [5.74, 6) is -6.16. The molecule has 10 nitrogen and oxygen atoms in total. The molecule has 0 saturated carbocycles. The smallest absolute Gasteiger partial charge is 0.403 e. The van der Waals surface area contributed by atoms with Crippen LogP contribution in [0.3, 0.4) is 0 Å². The number of alkyl halides is 3. The van der Waals surface area contributed by atoms with Crippen molar-refractivity contribution in [1.82, 2.24) is 30.4 Å². The van der Waals surface area contributed by atoms with E-state index in [9.17, 15) is 32.7 Å². The van der Waals surface area contributed by atoms with Crippen LogP contribution in [0, 0.1) is 5.92 Å². The summed E-state index contributed by atoms with van der Waals surface area (Å²) in [4.78, 5) is 36.4. The fourth-order valence-corrected chi connectivity index (χ4v) is 5.53. The van der Waals surface area contributed by atoms with Gasteiger partial charge in [0.05, 0.1) is 5.75 Å². The van der Waals surface area contributed by atoms with Crippen LogP contribution >= 0.6 is 36.2 Å². The number of amides is 2. The van der Waals surface area contributed by atoms with Gasteiger partial charge in [-0.1, -0.05) is 11.8 Å². The minimum atomic E-state index is -4.83. The van der Waals surface area contributed by atoms with E-state index in [1.54, 1.807) is 7.05 Å². The number of β-lactam (4-membered cyclic amide) rings is 1. The molecule has 0 bridgehead atoms. The maximum atomic E-state index is 13.2. The Morgan fingerprint density at radius 1 is 1.41 bits per heavy atom. The first-order valence-electron chi connectivity index (χ1n) is 7.83. The first-order chi connectivity index (χ1) is 13.6. The standard InChI is InChI=1S/C13H13F3N6O4S3/c1-21-12(18-19-20-21)28-3-4-7(11(25)26)22-9(24)6(13(14,15)16)10(22)29-8(4)17-5(23)2-27/h6,8,10,27H,2-3H2,1H3,(H,17,23)(H,25,26)/t6?,8?,10-/m1/s1. The summed E-state index contributed by atoms with van der Waals surface area (Å²) in [6.07, 6.45) is -4.83. The van der Waals surface area contributed by atoms with Crippen LogP contribution in [0.15, 0.2) is 16.4 Å². The van der Waals surface area contributed by atoms with Gasteiger partial charge in [-0.05, 0) is 10.4 Å². The molecule has 2 unspecified atom stereocenters. The summed E-state index contributed by atoms with van der Waals surface area (Å²) < 4.78 is 41.0. The summed E-state index contributed by atoms with van der Waals surface area (Å²) in [6.45, 7) is 0. The van der Waals surface area contributed by atoms with Crippen molar-refractivity contribution in [3.8, 4) is 0 Å². The number of thiol groups is 1. The Hall–Kier alpha value is -1.94. The number of carboxylic acids is 1. The van der Waals surface area contributed by atoms with Crippen molar-refractivity contribution in [1.29, 1.82) is 0 Å². The van der Waals surface area contributed by atoms with Gasteiger partial charge >= 0.3 is 12.1 Å². The van der Waals surface area contributed by atoms with Crippen molar-refractivity contribution < 1.29 is 32.7 Å². The molecule has 1 aromatic heterocycles. The van der Waals surface area contributed by atoms with E-state index in [4.69, 9.17) is 0 Å². The second-order valence-electron chi connectivity index (χ2n) is 5.91. The van der Waals surface area contributed by atoms with Crippen molar-refractivity contribution >= 4 is 53.9 Å². The third-order valence-corrected chi connectivity index (χ3v) is 6.89. The Balaban J connectivity index is 1.99. The highest BCUT2D eigenvalue weighted by molar-refractivity contribution is 8.01. The van der Waals surface area contributed by atoms with Crippen molar-refractivity contribution in [2.75, 3.05) is 11.5 Å². The number of aryl methyl sites for hydroxylation is 1. The quantitative estimate of drug-likeness (QED) is 0.301. The average molecular weight is 470 g/mol. The topological polar surface area (TPSA) is 130 Å². The molecule has 158 valence electrons. The molecular formula is C13H13F3N6O4S3. The van der Waals surface area contributed by atoms with E-state index in [1.165, 1.54) is 4.68 Å². The van der Waals surface area contributed by atoms with Crippen LogP contribution in [0.4, 0.5) is 13.2 Å². The first kappa shape index (κ1) is 21.8. The minimum Gasteiger partial charge on any atom is -0.477 e. The number of hydrogen-bond acceptors (Lipinski definition) is 9. The van der Waals surface area contributed by atoms with Crippen LogP contribution in [0.5, 0.6) is 0 Å². The van der Waals surface area contributed by atoms with Crippen LogP contribution in [-0.4, -0.2) is 76.4 Å². The Labute approximate surface area is 175 Å². The predicted octanol–water partition coefficient (Wildman–Crippen LogP) is 0.107. The normalized spacial score (nSPS) is 24.2. The number of carbonyl (C=O) groups is 3. The molecule has 0 radical (unpaired) electrons. The molecule has 1 aromatic rings. The number of aliphatic carboxylic acids is 1. The molecule has 29 heavy (non-hydrogen) atoms. The number of thioether (sulfide) groups is 2. The lowest BCUT2D eigenvalue weighted by Crippen LogP contribution is -2.67. The molecule has 0 aliphatic carbocycles. The van der Waals surface area contributed by atoms with E-state index in [-0.39, 0.29) is 17.1 Å². The Kier molecular flexibility index (Phi) is 6.05. The van der Waals surface area contributed by atoms with Crippen molar-refractivity contribution in [2.24, 2.45) is 13.0 Å². The van der Waals surface area contributed by atoms with Crippen molar-refractivity contribution in [3.05, 3.63) is 11.3 Å². The van der Waals surface area contributed by atoms with E-state index in [0.29, 0.717) is 21.8 Å². The molecule has 1 fully saturated rings. The third kappa shape index (κ3) is 4.05. The third-order valence-electron chi connectivity index (χ3n) is 4.11. The van der Waals surface area contributed by atoms with Crippen LogP contribution in [0.1, 0.15) is 0 Å².